The number of hydrogen-bond donors (Lipinski definition) is 0. The highest BCUT2D eigenvalue weighted by atomic mass is 28.2. The second-order valence-electron chi connectivity index (χ2n) is 1.07. The van der Waals surface area contributed by atoms with Gasteiger partial charge >= 0.3 is 0 Å². The highest BCUT2D eigenvalue weighted by Gasteiger charge is 1.69. The Labute approximate surface area is 41.6 Å². The number of hydrogen-bond acceptors (Lipinski definition) is 1. The van der Waals surface area contributed by atoms with Gasteiger partial charge in [-0.05, 0) is 6.42 Å². The molecule has 0 aliphatic heterocycles. The molecule has 0 bridgehead atoms. The van der Waals surface area contributed by atoms with Crippen LogP contribution in [0.15, 0.2) is 12.7 Å². The maximum Gasteiger partial charge on any atom is 0.145 e. The zero-order valence-corrected chi connectivity index (χ0v) is 6.11. The minimum atomic E-state index is 0.855. The molecule has 6 heavy (non-hydrogen) atoms. The summed E-state index contributed by atoms with van der Waals surface area (Å²) in [5.74, 6) is 0. The predicted octanol–water partition coefficient (Wildman–Crippen LogP) is -0.141. The SMILES string of the molecule is C=CCCO[SiH3]. The molecule has 0 rings (SSSR count). The van der Waals surface area contributed by atoms with E-state index in [9.17, 15) is 0 Å². The molecule has 0 N–H and O–H groups in total. The molecule has 0 aromatic rings. The smallest absolute Gasteiger partial charge is 0.145 e. The first-order valence-electron chi connectivity index (χ1n) is 2.01. The van der Waals surface area contributed by atoms with E-state index in [0.717, 1.165) is 23.5 Å². The van der Waals surface area contributed by atoms with Gasteiger partial charge in [-0.15, -0.1) is 6.58 Å². The quantitative estimate of drug-likeness (QED) is 0.274. The number of rotatable bonds is 3. The highest BCUT2D eigenvalue weighted by Crippen LogP contribution is 1.75. The maximum atomic E-state index is 4.85. The van der Waals surface area contributed by atoms with Crippen LogP contribution in [0.4, 0.5) is 0 Å². The van der Waals surface area contributed by atoms with Gasteiger partial charge in [-0.1, -0.05) is 6.08 Å². The lowest BCUT2D eigenvalue weighted by Gasteiger charge is -1.87. The lowest BCUT2D eigenvalue weighted by molar-refractivity contribution is 0.358. The Kier molecular flexibility index (Phi) is 4.85. The monoisotopic (exact) mass is 102 g/mol. The van der Waals surface area contributed by atoms with Gasteiger partial charge in [0.2, 0.25) is 0 Å². The normalized spacial score (nSPS) is 8.67. The average molecular weight is 102 g/mol. The van der Waals surface area contributed by atoms with Crippen LogP contribution in [0.5, 0.6) is 0 Å². The van der Waals surface area contributed by atoms with Crippen molar-refractivity contribution in [3.63, 3.8) is 0 Å². The van der Waals surface area contributed by atoms with Crippen LogP contribution in [0.25, 0.3) is 0 Å². The first kappa shape index (κ1) is 5.92. The molecule has 0 aliphatic carbocycles. The van der Waals surface area contributed by atoms with Crippen LogP contribution in [-0.2, 0) is 4.43 Å². The lowest BCUT2D eigenvalue weighted by atomic mass is 10.5. The molecule has 0 radical (unpaired) electrons. The fourth-order valence-electron chi connectivity index (χ4n) is 0.201. The molecular formula is C4H10OSi. The molecule has 0 saturated carbocycles. The fourth-order valence-corrected chi connectivity index (χ4v) is 0.437. The van der Waals surface area contributed by atoms with Gasteiger partial charge in [0.1, 0.15) is 10.5 Å². The molecule has 0 aromatic carbocycles. The Balaban J connectivity index is 2.49. The Hall–Kier alpha value is -0.0831. The molecule has 0 spiro atoms. The van der Waals surface area contributed by atoms with E-state index in [2.05, 4.69) is 6.58 Å². The van der Waals surface area contributed by atoms with Crippen molar-refractivity contribution in [1.29, 1.82) is 0 Å². The Morgan fingerprint density at radius 3 is 2.67 bits per heavy atom. The zero-order valence-electron chi connectivity index (χ0n) is 4.11. The highest BCUT2D eigenvalue weighted by molar-refractivity contribution is 5.97. The molecule has 0 aromatic heterocycles. The molecule has 0 heterocycles. The summed E-state index contributed by atoms with van der Waals surface area (Å²) in [4.78, 5) is 0. The van der Waals surface area contributed by atoms with Crippen molar-refractivity contribution in [2.24, 2.45) is 0 Å². The Bertz CT molecular complexity index is 36.5. The average Bonchev–Trinajstić information content (AvgIpc) is 1.61. The van der Waals surface area contributed by atoms with Gasteiger partial charge in [0.25, 0.3) is 0 Å². The van der Waals surface area contributed by atoms with Gasteiger partial charge in [-0.25, -0.2) is 0 Å². The van der Waals surface area contributed by atoms with E-state index < -0.39 is 0 Å². The van der Waals surface area contributed by atoms with Gasteiger partial charge in [-0.2, -0.15) is 0 Å². The second kappa shape index (κ2) is 4.92. The summed E-state index contributed by atoms with van der Waals surface area (Å²) in [6.07, 6.45) is 2.85. The van der Waals surface area contributed by atoms with Crippen LogP contribution in [0, 0.1) is 0 Å². The van der Waals surface area contributed by atoms with Gasteiger partial charge in [0.05, 0.1) is 0 Å². The largest absolute Gasteiger partial charge is 0.428 e. The molecule has 0 amide bonds. The van der Waals surface area contributed by atoms with Crippen molar-refractivity contribution in [1.82, 2.24) is 0 Å². The minimum Gasteiger partial charge on any atom is -0.428 e. The fraction of sp³-hybridized carbons (Fsp3) is 0.500. The van der Waals surface area contributed by atoms with Crippen molar-refractivity contribution in [3.05, 3.63) is 12.7 Å². The van der Waals surface area contributed by atoms with Crippen molar-refractivity contribution < 1.29 is 4.43 Å². The third-order valence-electron chi connectivity index (χ3n) is 0.526. The van der Waals surface area contributed by atoms with E-state index in [1.165, 1.54) is 0 Å². The Morgan fingerprint density at radius 2 is 2.50 bits per heavy atom. The molecule has 0 saturated heterocycles. The summed E-state index contributed by atoms with van der Waals surface area (Å²) in [6.45, 7) is 4.39. The third kappa shape index (κ3) is 3.92. The molecule has 1 nitrogen and oxygen atoms in total. The van der Waals surface area contributed by atoms with Crippen LogP contribution in [0.1, 0.15) is 6.42 Å². The summed E-state index contributed by atoms with van der Waals surface area (Å²) in [5, 5.41) is 0. The van der Waals surface area contributed by atoms with Crippen molar-refractivity contribution >= 4 is 10.5 Å². The van der Waals surface area contributed by atoms with Gasteiger partial charge in [0, 0.05) is 6.61 Å². The van der Waals surface area contributed by atoms with E-state index in [1.54, 1.807) is 0 Å². The molecule has 0 atom stereocenters. The van der Waals surface area contributed by atoms with E-state index >= 15 is 0 Å². The topological polar surface area (TPSA) is 9.23 Å². The van der Waals surface area contributed by atoms with Crippen molar-refractivity contribution in [3.8, 4) is 0 Å². The third-order valence-corrected chi connectivity index (χ3v) is 0.934. The van der Waals surface area contributed by atoms with E-state index in [1.807, 2.05) is 6.08 Å². The van der Waals surface area contributed by atoms with Crippen LogP contribution in [-0.4, -0.2) is 17.1 Å². The predicted molar refractivity (Wildman–Crippen MR) is 30.7 cm³/mol. The minimum absolute atomic E-state index is 0.855. The first-order chi connectivity index (χ1) is 2.91. The standard InChI is InChI=1S/C4H10OSi/c1-2-3-4-5-6/h2H,1,3-4H2,6H3. The Morgan fingerprint density at radius 1 is 1.83 bits per heavy atom. The molecule has 2 heteroatoms. The first-order valence-corrected chi connectivity index (χ1v) is 2.83. The molecule has 0 unspecified atom stereocenters. The van der Waals surface area contributed by atoms with Crippen LogP contribution in [0.3, 0.4) is 0 Å². The van der Waals surface area contributed by atoms with Crippen molar-refractivity contribution in [2.45, 2.75) is 6.42 Å². The maximum absolute atomic E-state index is 4.85. The van der Waals surface area contributed by atoms with E-state index in [-0.39, 0.29) is 0 Å². The molecular weight excluding hydrogens is 92.1 g/mol. The zero-order chi connectivity index (χ0) is 4.83. The van der Waals surface area contributed by atoms with Gasteiger partial charge in [-0.3, -0.25) is 0 Å². The molecule has 0 fully saturated rings. The second-order valence-corrected chi connectivity index (χ2v) is 1.65. The van der Waals surface area contributed by atoms with Gasteiger partial charge < -0.3 is 4.43 Å². The summed E-state index contributed by atoms with van der Waals surface area (Å²) in [6, 6.07) is 0. The summed E-state index contributed by atoms with van der Waals surface area (Å²) in [5.41, 5.74) is 0. The van der Waals surface area contributed by atoms with E-state index in [4.69, 9.17) is 4.43 Å². The summed E-state index contributed by atoms with van der Waals surface area (Å²) < 4.78 is 4.85. The lowest BCUT2D eigenvalue weighted by Crippen LogP contribution is -1.84. The van der Waals surface area contributed by atoms with Crippen LogP contribution in [0.2, 0.25) is 0 Å². The molecule has 0 aliphatic rings. The van der Waals surface area contributed by atoms with Crippen LogP contribution < -0.4 is 0 Å². The van der Waals surface area contributed by atoms with Crippen molar-refractivity contribution in [2.75, 3.05) is 6.61 Å². The van der Waals surface area contributed by atoms with Crippen LogP contribution >= 0.6 is 0 Å². The summed E-state index contributed by atoms with van der Waals surface area (Å²) in [7, 11) is 0.855. The summed E-state index contributed by atoms with van der Waals surface area (Å²) >= 11 is 0. The van der Waals surface area contributed by atoms with E-state index in [0.29, 0.717) is 0 Å². The van der Waals surface area contributed by atoms with Gasteiger partial charge in [0.15, 0.2) is 0 Å². The molecule has 36 valence electrons.